The predicted octanol–water partition coefficient (Wildman–Crippen LogP) is 10.2. The molecule has 0 fully saturated rings. The molecular weight excluding hydrogens is 683 g/mol. The zero-order valence-electron chi connectivity index (χ0n) is 32.5. The number of phosphoric ester groups is 1. The molecule has 0 heterocycles. The third-order valence-electron chi connectivity index (χ3n) is 8.24. The van der Waals surface area contributed by atoms with Crippen molar-refractivity contribution in [2.45, 2.75) is 174 Å². The Balaban J connectivity index is 4.43. The molecule has 0 saturated carbocycles. The summed E-state index contributed by atoms with van der Waals surface area (Å²) in [7, 11) is -4.62. The van der Waals surface area contributed by atoms with Crippen molar-refractivity contribution in [2.24, 2.45) is 0 Å². The average Bonchev–Trinajstić information content (AvgIpc) is 3.13. The summed E-state index contributed by atoms with van der Waals surface area (Å²) in [5.41, 5.74) is 0. The van der Waals surface area contributed by atoms with Crippen LogP contribution in [-0.2, 0) is 32.7 Å². The first-order valence-corrected chi connectivity index (χ1v) is 21.6. The Bertz CT molecular complexity index is 1010. The summed E-state index contributed by atoms with van der Waals surface area (Å²) in [4.78, 5) is 34.8. The van der Waals surface area contributed by atoms with E-state index in [1.807, 2.05) is 6.08 Å². The van der Waals surface area contributed by atoms with Gasteiger partial charge in [-0.05, 0) is 51.4 Å². The Kier molecular flexibility index (Phi) is 35.8. The minimum atomic E-state index is -4.62. The molecule has 0 aliphatic rings. The first-order chi connectivity index (χ1) is 25.2. The first-order valence-electron chi connectivity index (χ1n) is 20.1. The first kappa shape index (κ1) is 49.9. The van der Waals surface area contributed by atoms with Crippen LogP contribution in [0.5, 0.6) is 0 Å². The molecule has 0 spiro atoms. The number of carbonyl (C=O) groups excluding carboxylic acids is 2. The third-order valence-corrected chi connectivity index (χ3v) is 9.19. The Morgan fingerprint density at radius 2 is 1.02 bits per heavy atom. The number of allylic oxidation sites excluding steroid dienone is 8. The number of hydrogen-bond donors (Lipinski definition) is 3. The van der Waals surface area contributed by atoms with E-state index in [4.69, 9.17) is 19.1 Å². The highest BCUT2D eigenvalue weighted by atomic mass is 31.2. The van der Waals surface area contributed by atoms with Gasteiger partial charge in [-0.15, -0.1) is 0 Å². The zero-order valence-corrected chi connectivity index (χ0v) is 33.4. The van der Waals surface area contributed by atoms with Crippen molar-refractivity contribution < 1.29 is 47.8 Å². The largest absolute Gasteiger partial charge is 0.472 e. The number of unbranched alkanes of at least 4 members (excludes halogenated alkanes) is 15. The summed E-state index contributed by atoms with van der Waals surface area (Å²) in [6.07, 6.45) is 38.0. The summed E-state index contributed by atoms with van der Waals surface area (Å²) >= 11 is 0. The Labute approximate surface area is 315 Å². The van der Waals surface area contributed by atoms with Crippen molar-refractivity contribution in [3.05, 3.63) is 48.6 Å². The highest BCUT2D eigenvalue weighted by Gasteiger charge is 2.27. The molecule has 10 nitrogen and oxygen atoms in total. The van der Waals surface area contributed by atoms with Gasteiger partial charge in [-0.3, -0.25) is 18.6 Å². The fourth-order valence-electron chi connectivity index (χ4n) is 5.10. The van der Waals surface area contributed by atoms with Gasteiger partial charge in [0.15, 0.2) is 6.10 Å². The van der Waals surface area contributed by atoms with Crippen molar-refractivity contribution in [1.29, 1.82) is 0 Å². The van der Waals surface area contributed by atoms with E-state index in [-0.39, 0.29) is 19.4 Å². The van der Waals surface area contributed by atoms with E-state index in [1.165, 1.54) is 70.6 Å². The maximum atomic E-state index is 12.5. The maximum absolute atomic E-state index is 12.5. The summed E-state index contributed by atoms with van der Waals surface area (Å²) in [6, 6.07) is 0. The molecule has 52 heavy (non-hydrogen) atoms. The zero-order chi connectivity index (χ0) is 38.4. The second-order valence-corrected chi connectivity index (χ2v) is 14.8. The Morgan fingerprint density at radius 1 is 0.577 bits per heavy atom. The average molecular weight is 757 g/mol. The highest BCUT2D eigenvalue weighted by Crippen LogP contribution is 2.43. The van der Waals surface area contributed by atoms with Gasteiger partial charge in [-0.2, -0.15) is 0 Å². The van der Waals surface area contributed by atoms with E-state index in [0.717, 1.165) is 44.9 Å². The molecule has 0 aromatic rings. The van der Waals surface area contributed by atoms with Crippen LogP contribution < -0.4 is 0 Å². The van der Waals surface area contributed by atoms with Gasteiger partial charge in [-0.1, -0.05) is 146 Å². The van der Waals surface area contributed by atoms with Gasteiger partial charge in [0.2, 0.25) is 0 Å². The monoisotopic (exact) mass is 756 g/mol. The van der Waals surface area contributed by atoms with Gasteiger partial charge in [0.1, 0.15) is 12.7 Å². The van der Waals surface area contributed by atoms with Crippen molar-refractivity contribution in [2.75, 3.05) is 26.4 Å². The summed E-state index contributed by atoms with van der Waals surface area (Å²) in [5.74, 6) is -0.992. The van der Waals surface area contributed by atoms with Gasteiger partial charge >= 0.3 is 19.8 Å². The number of carbonyl (C=O) groups is 2. The van der Waals surface area contributed by atoms with Crippen LogP contribution in [0.1, 0.15) is 162 Å². The Morgan fingerprint density at radius 3 is 1.56 bits per heavy atom. The molecule has 0 bridgehead atoms. The second-order valence-electron chi connectivity index (χ2n) is 13.3. The molecule has 0 aromatic carbocycles. The number of hydrogen-bond acceptors (Lipinski definition) is 9. The second kappa shape index (κ2) is 37.3. The molecule has 0 rings (SSSR count). The molecule has 11 heteroatoms. The number of ether oxygens (including phenoxy) is 2. The van der Waals surface area contributed by atoms with Gasteiger partial charge in [-0.25, -0.2) is 4.57 Å². The number of esters is 2. The standard InChI is InChI=1S/C41H73O10P/c1-3-5-7-9-11-13-15-17-18-19-20-21-23-24-26-28-30-32-40(44)48-36-39(37-50-52(46,47)49-35-38(43)34-42)51-41(45)33-31-29-27-25-22-16-14-12-10-8-6-4-2/h11,13,17-18,20-21,24,26,38-39,42-43H,3-10,12,14-16,19,22-23,25,27-37H2,1-2H3,(H,46,47)/b13-11-,18-17-,21-20-,26-24-/t38-,39+/m0/s1. The molecule has 3 N–H and O–H groups in total. The van der Waals surface area contributed by atoms with Gasteiger partial charge in [0.25, 0.3) is 0 Å². The lowest BCUT2D eigenvalue weighted by atomic mass is 10.0. The molecule has 1 unspecified atom stereocenters. The van der Waals surface area contributed by atoms with Crippen LogP contribution in [-0.4, -0.2) is 65.7 Å². The molecule has 0 radical (unpaired) electrons. The van der Waals surface area contributed by atoms with Crippen LogP contribution in [0.15, 0.2) is 48.6 Å². The number of aliphatic hydroxyl groups excluding tert-OH is 2. The fraction of sp³-hybridized carbons (Fsp3) is 0.756. The van der Waals surface area contributed by atoms with E-state index in [2.05, 4.69) is 60.9 Å². The van der Waals surface area contributed by atoms with E-state index in [0.29, 0.717) is 19.3 Å². The molecule has 0 amide bonds. The topological polar surface area (TPSA) is 149 Å². The molecular formula is C41H73O10P. The van der Waals surface area contributed by atoms with Gasteiger partial charge in [0.05, 0.1) is 19.8 Å². The van der Waals surface area contributed by atoms with E-state index in [9.17, 15) is 24.2 Å². The number of rotatable bonds is 37. The van der Waals surface area contributed by atoms with Gasteiger partial charge in [0, 0.05) is 12.8 Å². The van der Waals surface area contributed by atoms with E-state index < -0.39 is 51.8 Å². The van der Waals surface area contributed by atoms with Crippen LogP contribution in [0.3, 0.4) is 0 Å². The normalized spacial score (nSPS) is 14.5. The van der Waals surface area contributed by atoms with Gasteiger partial charge < -0.3 is 24.6 Å². The maximum Gasteiger partial charge on any atom is 0.472 e. The van der Waals surface area contributed by atoms with Crippen molar-refractivity contribution in [3.8, 4) is 0 Å². The van der Waals surface area contributed by atoms with Crippen molar-refractivity contribution in [3.63, 3.8) is 0 Å². The number of aliphatic hydroxyl groups is 2. The van der Waals surface area contributed by atoms with Crippen LogP contribution in [0.25, 0.3) is 0 Å². The van der Waals surface area contributed by atoms with E-state index >= 15 is 0 Å². The Hall–Kier alpha value is -2.07. The lowest BCUT2D eigenvalue weighted by molar-refractivity contribution is -0.161. The minimum absolute atomic E-state index is 0.166. The molecule has 0 aromatic heterocycles. The lowest BCUT2D eigenvalue weighted by Gasteiger charge is -2.20. The van der Waals surface area contributed by atoms with Crippen LogP contribution in [0.4, 0.5) is 0 Å². The van der Waals surface area contributed by atoms with Crippen molar-refractivity contribution >= 4 is 19.8 Å². The SMILES string of the molecule is CCCCC/C=C\C/C=C\C/C=C\C/C=C\CCCC(=O)OC[C@H](COP(=O)(O)OC[C@@H](O)CO)OC(=O)CCCCCCCCCCCCCC. The summed E-state index contributed by atoms with van der Waals surface area (Å²) < 4.78 is 32.6. The van der Waals surface area contributed by atoms with Crippen LogP contribution in [0.2, 0.25) is 0 Å². The molecule has 3 atom stereocenters. The van der Waals surface area contributed by atoms with Crippen molar-refractivity contribution in [1.82, 2.24) is 0 Å². The van der Waals surface area contributed by atoms with E-state index in [1.54, 1.807) is 0 Å². The summed E-state index contributed by atoms with van der Waals surface area (Å²) in [6.45, 7) is 2.27. The quantitative estimate of drug-likeness (QED) is 0.0242. The molecule has 0 aliphatic carbocycles. The predicted molar refractivity (Wildman–Crippen MR) is 210 cm³/mol. The highest BCUT2D eigenvalue weighted by molar-refractivity contribution is 7.47. The molecule has 0 aliphatic heterocycles. The minimum Gasteiger partial charge on any atom is -0.462 e. The summed E-state index contributed by atoms with van der Waals surface area (Å²) in [5, 5.41) is 18.3. The van der Waals surface area contributed by atoms with Crippen LogP contribution >= 0.6 is 7.82 Å². The number of phosphoric acid groups is 1. The third kappa shape index (κ3) is 36.3. The fourth-order valence-corrected chi connectivity index (χ4v) is 5.89. The smallest absolute Gasteiger partial charge is 0.462 e. The van der Waals surface area contributed by atoms with Crippen LogP contribution in [0, 0.1) is 0 Å². The lowest BCUT2D eigenvalue weighted by Crippen LogP contribution is -2.29. The molecule has 0 saturated heterocycles. The molecule has 302 valence electrons.